The Balaban J connectivity index is 1.16. The Hall–Kier alpha value is -3.68. The van der Waals surface area contributed by atoms with E-state index in [4.69, 9.17) is 4.74 Å². The van der Waals surface area contributed by atoms with Gasteiger partial charge in [-0.15, -0.1) is 11.3 Å². The number of hydrogen-bond donors (Lipinski definition) is 2. The van der Waals surface area contributed by atoms with E-state index in [1.165, 1.54) is 52.0 Å². The molecule has 206 valence electrons. The molecule has 0 unspecified atom stereocenters. The number of benzene rings is 3. The molecule has 40 heavy (non-hydrogen) atoms. The molecule has 2 N–H and O–H groups in total. The van der Waals surface area contributed by atoms with Gasteiger partial charge in [-0.2, -0.15) is 0 Å². The van der Waals surface area contributed by atoms with Crippen LogP contribution in [0, 0.1) is 0 Å². The van der Waals surface area contributed by atoms with E-state index in [9.17, 15) is 9.59 Å². The van der Waals surface area contributed by atoms with E-state index in [0.717, 1.165) is 43.0 Å². The molecule has 0 aliphatic carbocycles. The minimum Gasteiger partial charge on any atom is -0.492 e. The number of carbonyl (C=O) groups is 2. The second-order valence-electron chi connectivity index (χ2n) is 10.7. The number of nitrogens with one attached hydrogen (secondary N) is 2. The van der Waals surface area contributed by atoms with Crippen molar-refractivity contribution >= 4 is 38.9 Å². The number of rotatable bonds is 9. The van der Waals surface area contributed by atoms with Crippen LogP contribution < -0.4 is 15.4 Å². The molecule has 0 radical (unpaired) electrons. The Labute approximate surface area is 239 Å². The first-order valence-electron chi connectivity index (χ1n) is 14.3. The van der Waals surface area contributed by atoms with Crippen molar-refractivity contribution in [1.82, 2.24) is 10.2 Å². The summed E-state index contributed by atoms with van der Waals surface area (Å²) in [4.78, 5) is 28.0. The van der Waals surface area contributed by atoms with E-state index in [1.54, 1.807) is 11.3 Å². The summed E-state index contributed by atoms with van der Waals surface area (Å²) < 4.78 is 7.28. The van der Waals surface area contributed by atoms with Crippen LogP contribution in [0.1, 0.15) is 43.2 Å². The molecule has 3 aromatic carbocycles. The minimum absolute atomic E-state index is 0.0567. The predicted molar refractivity (Wildman–Crippen MR) is 162 cm³/mol. The molecule has 2 aliphatic rings. The van der Waals surface area contributed by atoms with E-state index < -0.39 is 6.04 Å². The molecule has 0 spiro atoms. The van der Waals surface area contributed by atoms with E-state index in [2.05, 4.69) is 76.2 Å². The highest BCUT2D eigenvalue weighted by molar-refractivity contribution is 7.22. The summed E-state index contributed by atoms with van der Waals surface area (Å²) in [6, 6.07) is 24.6. The standard InChI is InChI=1S/C33H35N3O3S/c37-31-9-5-7-29(35-31)33(38)34-25-14-12-24(13-15-25)32-28(27-6-1-2-8-30(27)40-32)22-23-10-16-26(17-11-23)39-21-20-36-18-3-4-19-36/h1-2,6,8,10-17,29H,3-5,7,9,18-22H2,(H,34,38)(H,35,37)/t29-/m0/s1. The van der Waals surface area contributed by atoms with Gasteiger partial charge in [0.25, 0.3) is 0 Å². The first kappa shape index (κ1) is 26.5. The van der Waals surface area contributed by atoms with Gasteiger partial charge < -0.3 is 15.4 Å². The number of fused-ring (bicyclic) bond motifs is 1. The van der Waals surface area contributed by atoms with Crippen LogP contribution in [0.15, 0.2) is 72.8 Å². The number of thiophene rings is 1. The van der Waals surface area contributed by atoms with Crippen molar-refractivity contribution in [2.75, 3.05) is 31.6 Å². The Bertz CT molecular complexity index is 1470. The van der Waals surface area contributed by atoms with Gasteiger partial charge in [0.1, 0.15) is 18.4 Å². The third-order valence-corrected chi connectivity index (χ3v) is 9.10. The Morgan fingerprint density at radius 2 is 1.75 bits per heavy atom. The number of carbonyl (C=O) groups excluding carboxylic acids is 2. The van der Waals surface area contributed by atoms with Gasteiger partial charge in [0.05, 0.1) is 0 Å². The molecular weight excluding hydrogens is 518 g/mol. The number of ether oxygens (including phenoxy) is 1. The molecule has 7 heteroatoms. The second-order valence-corrected chi connectivity index (χ2v) is 11.8. The lowest BCUT2D eigenvalue weighted by atomic mass is 9.98. The quantitative estimate of drug-likeness (QED) is 0.257. The summed E-state index contributed by atoms with van der Waals surface area (Å²) in [5, 5.41) is 7.02. The van der Waals surface area contributed by atoms with Crippen LogP contribution in [0.5, 0.6) is 5.75 Å². The highest BCUT2D eigenvalue weighted by atomic mass is 32.1. The number of nitrogens with zero attached hydrogens (tertiary/aromatic N) is 1. The molecular formula is C33H35N3O3S. The molecule has 6 nitrogen and oxygen atoms in total. The average molecular weight is 554 g/mol. The summed E-state index contributed by atoms with van der Waals surface area (Å²) in [5.74, 6) is 0.703. The molecule has 0 bridgehead atoms. The maximum atomic E-state index is 12.7. The molecule has 1 atom stereocenters. The first-order valence-corrected chi connectivity index (χ1v) is 15.1. The van der Waals surface area contributed by atoms with Crippen molar-refractivity contribution in [3.05, 3.63) is 83.9 Å². The zero-order chi connectivity index (χ0) is 27.3. The number of piperidine rings is 1. The van der Waals surface area contributed by atoms with Gasteiger partial charge in [0, 0.05) is 28.2 Å². The van der Waals surface area contributed by atoms with Crippen molar-refractivity contribution in [1.29, 1.82) is 0 Å². The molecule has 4 aromatic rings. The fourth-order valence-corrected chi connectivity index (χ4v) is 6.88. The van der Waals surface area contributed by atoms with E-state index in [-0.39, 0.29) is 11.8 Å². The summed E-state index contributed by atoms with van der Waals surface area (Å²) in [6.45, 7) is 4.10. The molecule has 2 fully saturated rings. The first-order chi connectivity index (χ1) is 19.6. The van der Waals surface area contributed by atoms with Crippen molar-refractivity contribution in [2.45, 2.75) is 44.6 Å². The maximum absolute atomic E-state index is 12.7. The van der Waals surface area contributed by atoms with E-state index in [0.29, 0.717) is 12.8 Å². The number of hydrogen-bond acceptors (Lipinski definition) is 5. The van der Waals surface area contributed by atoms with Crippen LogP contribution in [0.2, 0.25) is 0 Å². The van der Waals surface area contributed by atoms with Crippen LogP contribution in [0.4, 0.5) is 5.69 Å². The molecule has 0 saturated carbocycles. The highest BCUT2D eigenvalue weighted by Crippen LogP contribution is 2.40. The monoisotopic (exact) mass is 553 g/mol. The lowest BCUT2D eigenvalue weighted by Gasteiger charge is -2.22. The van der Waals surface area contributed by atoms with Gasteiger partial charge in [-0.05, 0) is 97.6 Å². The van der Waals surface area contributed by atoms with Crippen LogP contribution in [0.3, 0.4) is 0 Å². The predicted octanol–water partition coefficient (Wildman–Crippen LogP) is 6.24. The van der Waals surface area contributed by atoms with E-state index in [1.807, 2.05) is 12.1 Å². The van der Waals surface area contributed by atoms with Gasteiger partial charge >= 0.3 is 0 Å². The van der Waals surface area contributed by atoms with Crippen molar-refractivity contribution in [3.63, 3.8) is 0 Å². The van der Waals surface area contributed by atoms with Crippen molar-refractivity contribution < 1.29 is 14.3 Å². The maximum Gasteiger partial charge on any atom is 0.246 e. The fourth-order valence-electron chi connectivity index (χ4n) is 5.65. The van der Waals surface area contributed by atoms with Gasteiger partial charge in [0.15, 0.2) is 0 Å². The minimum atomic E-state index is -0.461. The number of amides is 2. The van der Waals surface area contributed by atoms with Crippen molar-refractivity contribution in [3.8, 4) is 16.2 Å². The SMILES string of the molecule is O=C1CCC[C@@H](C(=O)Nc2ccc(-c3sc4ccccc4c3Cc3ccc(OCCN4CCCC4)cc3)cc2)N1. The number of anilines is 1. The largest absolute Gasteiger partial charge is 0.492 e. The Morgan fingerprint density at radius 3 is 2.52 bits per heavy atom. The van der Waals surface area contributed by atoms with Gasteiger partial charge in [0.2, 0.25) is 11.8 Å². The molecule has 6 rings (SSSR count). The number of likely N-dealkylation sites (tertiary alicyclic amines) is 1. The van der Waals surface area contributed by atoms with Crippen LogP contribution in [0.25, 0.3) is 20.5 Å². The third kappa shape index (κ3) is 6.21. The Morgan fingerprint density at radius 1 is 0.975 bits per heavy atom. The van der Waals surface area contributed by atoms with Crippen LogP contribution >= 0.6 is 11.3 Å². The van der Waals surface area contributed by atoms with E-state index >= 15 is 0 Å². The molecule has 2 saturated heterocycles. The van der Waals surface area contributed by atoms with Crippen molar-refractivity contribution in [2.24, 2.45) is 0 Å². The lowest BCUT2D eigenvalue weighted by Crippen LogP contribution is -2.46. The lowest BCUT2D eigenvalue weighted by molar-refractivity contribution is -0.128. The molecule has 2 amide bonds. The fraction of sp³-hybridized carbons (Fsp3) is 0.333. The molecule has 1 aromatic heterocycles. The summed E-state index contributed by atoms with van der Waals surface area (Å²) >= 11 is 1.80. The summed E-state index contributed by atoms with van der Waals surface area (Å²) in [6.07, 6.45) is 5.34. The van der Waals surface area contributed by atoms with Gasteiger partial charge in [-0.3, -0.25) is 14.5 Å². The van der Waals surface area contributed by atoms with Gasteiger partial charge in [-0.1, -0.05) is 42.5 Å². The molecule has 2 aliphatic heterocycles. The summed E-state index contributed by atoms with van der Waals surface area (Å²) in [5.41, 5.74) is 4.42. The Kier molecular flexibility index (Phi) is 8.11. The zero-order valence-electron chi connectivity index (χ0n) is 22.7. The average Bonchev–Trinajstić information content (AvgIpc) is 3.63. The van der Waals surface area contributed by atoms with Gasteiger partial charge in [-0.25, -0.2) is 0 Å². The third-order valence-electron chi connectivity index (χ3n) is 7.84. The normalized spacial score (nSPS) is 17.6. The zero-order valence-corrected chi connectivity index (χ0v) is 23.5. The summed E-state index contributed by atoms with van der Waals surface area (Å²) in [7, 11) is 0. The topological polar surface area (TPSA) is 70.7 Å². The molecule has 3 heterocycles. The van der Waals surface area contributed by atoms with Crippen LogP contribution in [-0.4, -0.2) is 49.0 Å². The smallest absolute Gasteiger partial charge is 0.246 e. The second kappa shape index (κ2) is 12.2. The van der Waals surface area contributed by atoms with Crippen LogP contribution in [-0.2, 0) is 16.0 Å². The highest BCUT2D eigenvalue weighted by Gasteiger charge is 2.24.